The van der Waals surface area contributed by atoms with Crippen molar-refractivity contribution in [1.29, 1.82) is 0 Å². The standard InChI is InChI=1S/C19H19NO/c1-3-8-16(9-4-1)13-14-20-19(18-12-7-15-21-18)17-10-5-2-6-11-17/h1-12,15,19-20H,13-14H2. The van der Waals surface area contributed by atoms with Gasteiger partial charge in [-0.05, 0) is 29.7 Å². The Kier molecular flexibility index (Phi) is 4.49. The number of hydrogen-bond donors (Lipinski definition) is 1. The molecule has 0 aliphatic rings. The summed E-state index contributed by atoms with van der Waals surface area (Å²) in [5, 5.41) is 3.59. The van der Waals surface area contributed by atoms with Gasteiger partial charge in [-0.25, -0.2) is 0 Å². The molecule has 0 aliphatic carbocycles. The molecule has 106 valence electrons. The van der Waals surface area contributed by atoms with Crippen LogP contribution in [0, 0.1) is 0 Å². The third kappa shape index (κ3) is 3.61. The average Bonchev–Trinajstić information content (AvgIpc) is 3.07. The minimum atomic E-state index is 0.102. The molecule has 0 bridgehead atoms. The Hall–Kier alpha value is -2.32. The molecule has 0 spiro atoms. The molecule has 2 heteroatoms. The van der Waals surface area contributed by atoms with Crippen molar-refractivity contribution in [1.82, 2.24) is 5.32 Å². The molecule has 1 atom stereocenters. The normalized spacial score (nSPS) is 12.2. The Morgan fingerprint density at radius 2 is 1.52 bits per heavy atom. The van der Waals surface area contributed by atoms with Crippen LogP contribution in [0.25, 0.3) is 0 Å². The maximum atomic E-state index is 5.59. The van der Waals surface area contributed by atoms with Gasteiger partial charge in [-0.15, -0.1) is 0 Å². The lowest BCUT2D eigenvalue weighted by molar-refractivity contribution is 0.448. The first kappa shape index (κ1) is 13.7. The summed E-state index contributed by atoms with van der Waals surface area (Å²) in [4.78, 5) is 0. The monoisotopic (exact) mass is 277 g/mol. The summed E-state index contributed by atoms with van der Waals surface area (Å²) in [6.07, 6.45) is 2.73. The van der Waals surface area contributed by atoms with Crippen LogP contribution in [0.15, 0.2) is 83.5 Å². The van der Waals surface area contributed by atoms with E-state index in [2.05, 4.69) is 53.8 Å². The molecule has 2 nitrogen and oxygen atoms in total. The van der Waals surface area contributed by atoms with Crippen molar-refractivity contribution in [3.8, 4) is 0 Å². The van der Waals surface area contributed by atoms with Crippen molar-refractivity contribution in [2.75, 3.05) is 6.54 Å². The van der Waals surface area contributed by atoms with E-state index in [4.69, 9.17) is 4.42 Å². The Labute approximate surface area is 125 Å². The molecule has 0 aliphatic heterocycles. The lowest BCUT2D eigenvalue weighted by Crippen LogP contribution is -2.24. The molecule has 1 unspecified atom stereocenters. The molecule has 3 rings (SSSR count). The summed E-state index contributed by atoms with van der Waals surface area (Å²) >= 11 is 0. The second-order valence-electron chi connectivity index (χ2n) is 5.05. The predicted molar refractivity (Wildman–Crippen MR) is 85.1 cm³/mol. The van der Waals surface area contributed by atoms with Crippen LogP contribution in [0.2, 0.25) is 0 Å². The molecular formula is C19H19NO. The van der Waals surface area contributed by atoms with E-state index in [0.717, 1.165) is 18.7 Å². The fourth-order valence-electron chi connectivity index (χ4n) is 2.49. The van der Waals surface area contributed by atoms with E-state index in [0.29, 0.717) is 0 Å². The quantitative estimate of drug-likeness (QED) is 0.730. The second-order valence-corrected chi connectivity index (χ2v) is 5.05. The Morgan fingerprint density at radius 3 is 2.19 bits per heavy atom. The smallest absolute Gasteiger partial charge is 0.125 e. The lowest BCUT2D eigenvalue weighted by Gasteiger charge is -2.17. The van der Waals surface area contributed by atoms with E-state index >= 15 is 0 Å². The van der Waals surface area contributed by atoms with Crippen molar-refractivity contribution < 1.29 is 4.42 Å². The van der Waals surface area contributed by atoms with Gasteiger partial charge in [0, 0.05) is 6.54 Å². The minimum Gasteiger partial charge on any atom is -0.467 e. The van der Waals surface area contributed by atoms with Crippen LogP contribution in [0.4, 0.5) is 0 Å². The summed E-state index contributed by atoms with van der Waals surface area (Å²) < 4.78 is 5.59. The van der Waals surface area contributed by atoms with Gasteiger partial charge in [0.15, 0.2) is 0 Å². The highest BCUT2D eigenvalue weighted by Gasteiger charge is 2.15. The SMILES string of the molecule is c1ccc(CCNC(c2ccccc2)c2ccco2)cc1. The zero-order valence-corrected chi connectivity index (χ0v) is 11.9. The predicted octanol–water partition coefficient (Wildman–Crippen LogP) is 4.20. The lowest BCUT2D eigenvalue weighted by atomic mass is 10.0. The highest BCUT2D eigenvalue weighted by Crippen LogP contribution is 2.22. The van der Waals surface area contributed by atoms with Gasteiger partial charge in [0.1, 0.15) is 5.76 Å². The van der Waals surface area contributed by atoms with Crippen LogP contribution in [0.5, 0.6) is 0 Å². The molecule has 0 saturated carbocycles. The van der Waals surface area contributed by atoms with E-state index in [9.17, 15) is 0 Å². The third-order valence-corrected chi connectivity index (χ3v) is 3.57. The van der Waals surface area contributed by atoms with E-state index in [1.165, 1.54) is 11.1 Å². The van der Waals surface area contributed by atoms with Crippen LogP contribution < -0.4 is 5.32 Å². The van der Waals surface area contributed by atoms with Gasteiger partial charge in [-0.1, -0.05) is 60.7 Å². The van der Waals surface area contributed by atoms with Gasteiger partial charge in [0.2, 0.25) is 0 Å². The largest absolute Gasteiger partial charge is 0.467 e. The van der Waals surface area contributed by atoms with Crippen molar-refractivity contribution in [2.45, 2.75) is 12.5 Å². The van der Waals surface area contributed by atoms with Crippen molar-refractivity contribution in [3.05, 3.63) is 95.9 Å². The zero-order valence-electron chi connectivity index (χ0n) is 11.9. The molecule has 2 aromatic carbocycles. The van der Waals surface area contributed by atoms with E-state index in [1.54, 1.807) is 6.26 Å². The van der Waals surface area contributed by atoms with Gasteiger partial charge >= 0.3 is 0 Å². The summed E-state index contributed by atoms with van der Waals surface area (Å²) in [6, 6.07) is 25.0. The molecule has 1 heterocycles. The highest BCUT2D eigenvalue weighted by molar-refractivity contribution is 5.26. The molecule has 0 amide bonds. The molecule has 0 saturated heterocycles. The molecular weight excluding hydrogens is 258 g/mol. The molecule has 0 radical (unpaired) electrons. The minimum absolute atomic E-state index is 0.102. The summed E-state index contributed by atoms with van der Waals surface area (Å²) in [7, 11) is 0. The van der Waals surface area contributed by atoms with Gasteiger partial charge in [-0.3, -0.25) is 0 Å². The van der Waals surface area contributed by atoms with Crippen LogP contribution in [-0.4, -0.2) is 6.54 Å². The number of benzene rings is 2. The maximum Gasteiger partial charge on any atom is 0.125 e. The van der Waals surface area contributed by atoms with Gasteiger partial charge < -0.3 is 9.73 Å². The van der Waals surface area contributed by atoms with Crippen molar-refractivity contribution in [2.24, 2.45) is 0 Å². The molecule has 0 fully saturated rings. The Bertz CT molecular complexity index is 632. The fourth-order valence-corrected chi connectivity index (χ4v) is 2.49. The fraction of sp³-hybridized carbons (Fsp3) is 0.158. The summed E-state index contributed by atoms with van der Waals surface area (Å²) in [5.74, 6) is 0.953. The highest BCUT2D eigenvalue weighted by atomic mass is 16.3. The molecule has 3 aromatic rings. The number of furan rings is 1. The third-order valence-electron chi connectivity index (χ3n) is 3.57. The number of hydrogen-bond acceptors (Lipinski definition) is 2. The van der Waals surface area contributed by atoms with E-state index in [-0.39, 0.29) is 6.04 Å². The molecule has 1 N–H and O–H groups in total. The topological polar surface area (TPSA) is 25.2 Å². The average molecular weight is 277 g/mol. The first-order chi connectivity index (χ1) is 10.4. The Balaban J connectivity index is 1.69. The van der Waals surface area contributed by atoms with Crippen LogP contribution in [0.3, 0.4) is 0 Å². The molecule has 21 heavy (non-hydrogen) atoms. The van der Waals surface area contributed by atoms with Crippen molar-refractivity contribution >= 4 is 0 Å². The summed E-state index contributed by atoms with van der Waals surface area (Å²) in [5.41, 5.74) is 2.57. The van der Waals surface area contributed by atoms with Crippen LogP contribution in [-0.2, 0) is 6.42 Å². The van der Waals surface area contributed by atoms with Gasteiger partial charge in [0.25, 0.3) is 0 Å². The zero-order chi connectivity index (χ0) is 14.3. The molecule has 1 aromatic heterocycles. The number of nitrogens with one attached hydrogen (secondary N) is 1. The van der Waals surface area contributed by atoms with E-state index in [1.807, 2.05) is 24.3 Å². The Morgan fingerprint density at radius 1 is 0.810 bits per heavy atom. The number of rotatable bonds is 6. The second kappa shape index (κ2) is 6.91. The van der Waals surface area contributed by atoms with E-state index < -0.39 is 0 Å². The first-order valence-electron chi connectivity index (χ1n) is 7.29. The first-order valence-corrected chi connectivity index (χ1v) is 7.29. The summed E-state index contributed by atoms with van der Waals surface area (Å²) in [6.45, 7) is 0.907. The van der Waals surface area contributed by atoms with Crippen LogP contribution >= 0.6 is 0 Å². The van der Waals surface area contributed by atoms with Crippen molar-refractivity contribution in [3.63, 3.8) is 0 Å². The maximum absolute atomic E-state index is 5.59. The van der Waals surface area contributed by atoms with Crippen LogP contribution in [0.1, 0.15) is 22.9 Å². The van der Waals surface area contributed by atoms with Gasteiger partial charge in [-0.2, -0.15) is 0 Å². The van der Waals surface area contributed by atoms with Gasteiger partial charge in [0.05, 0.1) is 12.3 Å².